The van der Waals surface area contributed by atoms with Crippen molar-refractivity contribution in [1.29, 1.82) is 0 Å². The number of pyridine rings is 1. The molecule has 100 valence electrons. The maximum absolute atomic E-state index is 12.7. The van der Waals surface area contributed by atoms with Crippen LogP contribution in [0, 0.1) is 19.8 Å². The van der Waals surface area contributed by atoms with E-state index in [9.17, 15) is 9.18 Å². The number of amides is 1. The lowest BCUT2D eigenvalue weighted by atomic mass is 10.1. The molecule has 1 N–H and O–H groups in total. The third-order valence-corrected chi connectivity index (χ3v) is 3.86. The van der Waals surface area contributed by atoms with E-state index in [4.69, 9.17) is 0 Å². The van der Waals surface area contributed by atoms with Gasteiger partial charge in [-0.25, -0.2) is 4.98 Å². The van der Waals surface area contributed by atoms with Gasteiger partial charge in [0.2, 0.25) is 5.95 Å². The second kappa shape index (κ2) is 5.48. The van der Waals surface area contributed by atoms with Gasteiger partial charge in [-0.15, -0.1) is 11.3 Å². The van der Waals surface area contributed by atoms with E-state index >= 15 is 0 Å². The molecule has 0 aliphatic heterocycles. The fourth-order valence-corrected chi connectivity index (χ4v) is 2.97. The summed E-state index contributed by atoms with van der Waals surface area (Å²) in [5.74, 6) is -0.836. The molecule has 1 atom stereocenters. The Balaban J connectivity index is 2.10. The number of hydrogen-bond acceptors (Lipinski definition) is 3. The minimum atomic E-state index is -0.589. The predicted octanol–water partition coefficient (Wildman–Crippen LogP) is 3.39. The van der Waals surface area contributed by atoms with Crippen LogP contribution in [0.15, 0.2) is 24.4 Å². The molecule has 1 unspecified atom stereocenters. The Bertz CT molecular complexity index is 592. The zero-order valence-electron chi connectivity index (χ0n) is 11.0. The summed E-state index contributed by atoms with van der Waals surface area (Å²) in [7, 11) is 0. The van der Waals surface area contributed by atoms with Gasteiger partial charge in [-0.1, -0.05) is 0 Å². The molecule has 0 aliphatic rings. The van der Waals surface area contributed by atoms with E-state index in [-0.39, 0.29) is 11.9 Å². The number of hydrogen-bond donors (Lipinski definition) is 1. The van der Waals surface area contributed by atoms with Crippen molar-refractivity contribution in [2.75, 3.05) is 0 Å². The second-order valence-corrected chi connectivity index (χ2v) is 5.89. The zero-order chi connectivity index (χ0) is 14.0. The summed E-state index contributed by atoms with van der Waals surface area (Å²) in [6.45, 7) is 6.01. The van der Waals surface area contributed by atoms with Crippen molar-refractivity contribution in [2.45, 2.75) is 26.8 Å². The maximum Gasteiger partial charge on any atom is 0.253 e. The van der Waals surface area contributed by atoms with Crippen molar-refractivity contribution >= 4 is 17.2 Å². The maximum atomic E-state index is 12.7. The molecule has 0 aromatic carbocycles. The van der Waals surface area contributed by atoms with Crippen LogP contribution in [-0.2, 0) is 0 Å². The smallest absolute Gasteiger partial charge is 0.253 e. The SMILES string of the molecule is Cc1cc(C(C)NC(=O)c2ccc(F)nc2)c(C)s1. The molecular formula is C14H15FN2OS. The number of aryl methyl sites for hydroxylation is 2. The Morgan fingerprint density at radius 3 is 2.68 bits per heavy atom. The summed E-state index contributed by atoms with van der Waals surface area (Å²) >= 11 is 1.71. The summed E-state index contributed by atoms with van der Waals surface area (Å²) in [6.07, 6.45) is 1.24. The number of nitrogens with one attached hydrogen (secondary N) is 1. The Hall–Kier alpha value is -1.75. The molecule has 3 nitrogen and oxygen atoms in total. The predicted molar refractivity (Wildman–Crippen MR) is 73.9 cm³/mol. The van der Waals surface area contributed by atoms with Crippen molar-refractivity contribution in [3.8, 4) is 0 Å². The van der Waals surface area contributed by atoms with Crippen LogP contribution in [0.1, 0.15) is 38.6 Å². The standard InChI is InChI=1S/C14H15FN2OS/c1-8-6-12(10(3)19-8)9(2)17-14(18)11-4-5-13(15)16-7-11/h4-7,9H,1-3H3,(H,17,18). The first-order valence-electron chi connectivity index (χ1n) is 5.96. The molecule has 2 aromatic heterocycles. The van der Waals surface area contributed by atoms with Gasteiger partial charge in [0.1, 0.15) is 0 Å². The van der Waals surface area contributed by atoms with Crippen molar-refractivity contribution in [3.63, 3.8) is 0 Å². The van der Waals surface area contributed by atoms with Crippen molar-refractivity contribution in [2.24, 2.45) is 0 Å². The van der Waals surface area contributed by atoms with Crippen LogP contribution in [0.3, 0.4) is 0 Å². The number of thiophene rings is 1. The first kappa shape index (κ1) is 13.7. The Morgan fingerprint density at radius 1 is 1.42 bits per heavy atom. The molecule has 2 heterocycles. The fraction of sp³-hybridized carbons (Fsp3) is 0.286. The zero-order valence-corrected chi connectivity index (χ0v) is 11.8. The van der Waals surface area contributed by atoms with E-state index in [2.05, 4.69) is 16.4 Å². The first-order valence-corrected chi connectivity index (χ1v) is 6.78. The Labute approximate surface area is 115 Å². The van der Waals surface area contributed by atoms with E-state index in [1.807, 2.05) is 20.8 Å². The van der Waals surface area contributed by atoms with Crippen LogP contribution in [0.25, 0.3) is 0 Å². The third-order valence-electron chi connectivity index (χ3n) is 2.88. The van der Waals surface area contributed by atoms with Gasteiger partial charge in [-0.3, -0.25) is 4.79 Å². The number of aromatic nitrogens is 1. The van der Waals surface area contributed by atoms with Gasteiger partial charge in [0, 0.05) is 16.0 Å². The lowest BCUT2D eigenvalue weighted by Gasteiger charge is -2.13. The first-order chi connectivity index (χ1) is 8.97. The van der Waals surface area contributed by atoms with Crippen LogP contribution in [0.4, 0.5) is 4.39 Å². The van der Waals surface area contributed by atoms with E-state index in [1.165, 1.54) is 28.1 Å². The monoisotopic (exact) mass is 278 g/mol. The molecular weight excluding hydrogens is 263 g/mol. The van der Waals surface area contributed by atoms with Gasteiger partial charge in [-0.2, -0.15) is 4.39 Å². The van der Waals surface area contributed by atoms with E-state index in [0.29, 0.717) is 5.56 Å². The molecule has 0 aliphatic carbocycles. The lowest BCUT2D eigenvalue weighted by molar-refractivity contribution is 0.0939. The number of rotatable bonds is 3. The summed E-state index contributed by atoms with van der Waals surface area (Å²) in [5.41, 5.74) is 1.48. The van der Waals surface area contributed by atoms with E-state index < -0.39 is 5.95 Å². The van der Waals surface area contributed by atoms with Crippen molar-refractivity contribution in [1.82, 2.24) is 10.3 Å². The number of carbonyl (C=O) groups is 1. The van der Waals surface area contributed by atoms with Gasteiger partial charge in [-0.05, 0) is 44.5 Å². The highest BCUT2D eigenvalue weighted by Crippen LogP contribution is 2.26. The summed E-state index contributed by atoms with van der Waals surface area (Å²) in [6, 6.07) is 4.60. The molecule has 0 bridgehead atoms. The van der Waals surface area contributed by atoms with Crippen molar-refractivity contribution in [3.05, 3.63) is 51.2 Å². The number of nitrogens with zero attached hydrogens (tertiary/aromatic N) is 1. The lowest BCUT2D eigenvalue weighted by Crippen LogP contribution is -2.26. The highest BCUT2D eigenvalue weighted by Gasteiger charge is 2.15. The Kier molecular flexibility index (Phi) is 3.95. The third kappa shape index (κ3) is 3.17. The van der Waals surface area contributed by atoms with Crippen LogP contribution in [0.5, 0.6) is 0 Å². The van der Waals surface area contributed by atoms with Crippen LogP contribution in [-0.4, -0.2) is 10.9 Å². The summed E-state index contributed by atoms with van der Waals surface area (Å²) < 4.78 is 12.7. The number of halogens is 1. The molecule has 2 rings (SSSR count). The topological polar surface area (TPSA) is 42.0 Å². The Morgan fingerprint density at radius 2 is 2.16 bits per heavy atom. The molecule has 5 heteroatoms. The van der Waals surface area contributed by atoms with Gasteiger partial charge in [0.25, 0.3) is 5.91 Å². The molecule has 0 saturated heterocycles. The summed E-state index contributed by atoms with van der Waals surface area (Å²) in [5, 5.41) is 2.89. The average Bonchev–Trinajstić information content (AvgIpc) is 2.69. The van der Waals surface area contributed by atoms with Crippen LogP contribution >= 0.6 is 11.3 Å². The highest BCUT2D eigenvalue weighted by atomic mass is 32.1. The molecule has 0 radical (unpaired) electrons. The summed E-state index contributed by atoms with van der Waals surface area (Å²) in [4.78, 5) is 17.9. The minimum Gasteiger partial charge on any atom is -0.345 e. The fourth-order valence-electron chi connectivity index (χ4n) is 1.95. The molecule has 19 heavy (non-hydrogen) atoms. The molecule has 0 saturated carbocycles. The quantitative estimate of drug-likeness (QED) is 0.874. The highest BCUT2D eigenvalue weighted by molar-refractivity contribution is 7.12. The van der Waals surface area contributed by atoms with Gasteiger partial charge >= 0.3 is 0 Å². The minimum absolute atomic E-state index is 0.0810. The van der Waals surface area contributed by atoms with Crippen LogP contribution in [0.2, 0.25) is 0 Å². The molecule has 2 aromatic rings. The van der Waals surface area contributed by atoms with Gasteiger partial charge < -0.3 is 5.32 Å². The second-order valence-electron chi connectivity index (χ2n) is 4.43. The van der Waals surface area contributed by atoms with Crippen molar-refractivity contribution < 1.29 is 9.18 Å². The normalized spacial score (nSPS) is 12.2. The van der Waals surface area contributed by atoms with Crippen LogP contribution < -0.4 is 5.32 Å². The van der Waals surface area contributed by atoms with Gasteiger partial charge in [0.05, 0.1) is 11.6 Å². The largest absolute Gasteiger partial charge is 0.345 e. The van der Waals surface area contributed by atoms with E-state index in [0.717, 1.165) is 5.56 Å². The average molecular weight is 278 g/mol. The molecule has 1 amide bonds. The van der Waals surface area contributed by atoms with E-state index in [1.54, 1.807) is 11.3 Å². The number of carbonyl (C=O) groups excluding carboxylic acids is 1. The molecule has 0 fully saturated rings. The van der Waals surface area contributed by atoms with Gasteiger partial charge in [0.15, 0.2) is 0 Å². The molecule has 0 spiro atoms.